The van der Waals surface area contributed by atoms with Crippen LogP contribution in [-0.2, 0) is 4.74 Å². The van der Waals surface area contributed by atoms with Crippen LogP contribution in [0.15, 0.2) is 27.4 Å². The van der Waals surface area contributed by atoms with E-state index in [9.17, 15) is 45.6 Å². The minimum Gasteiger partial charge on any atom is -1.00 e. The van der Waals surface area contributed by atoms with E-state index < -0.39 is 76.5 Å². The molecule has 0 unspecified atom stereocenters. The van der Waals surface area contributed by atoms with E-state index in [4.69, 9.17) is 9.15 Å². The molecule has 2 aromatic carbocycles. The molecular formula is C19H20CaO11. The number of benzene rings is 2. The van der Waals surface area contributed by atoms with Gasteiger partial charge in [0.05, 0.1) is 17.6 Å². The summed E-state index contributed by atoms with van der Waals surface area (Å²) in [6, 6.07) is 2.90. The van der Waals surface area contributed by atoms with Gasteiger partial charge in [-0.05, 0) is 6.07 Å². The molecule has 1 aliphatic heterocycles. The first-order valence-corrected chi connectivity index (χ1v) is 8.83. The molecule has 12 heteroatoms. The molecule has 2 heterocycles. The Labute approximate surface area is 205 Å². The summed E-state index contributed by atoms with van der Waals surface area (Å²) in [6.07, 6.45) is -8.16. The summed E-state index contributed by atoms with van der Waals surface area (Å²) < 4.78 is 10.8. The maximum absolute atomic E-state index is 12.9. The molecule has 4 rings (SSSR count). The van der Waals surface area contributed by atoms with E-state index in [1.54, 1.807) is 0 Å². The number of fused-ring (bicyclic) bond motifs is 2. The van der Waals surface area contributed by atoms with E-state index in [0.29, 0.717) is 0 Å². The number of phenolic OH excluding ortho intramolecular Hbond substituents is 4. The average Bonchev–Trinajstić information content (AvgIpc) is 2.69. The first-order chi connectivity index (χ1) is 14.1. The maximum Gasteiger partial charge on any atom is 2.00 e. The SMILES string of the molecule is O=c1c2cc(O)c(O)cc2oc2cc(O)c([C@@H]3O[C@H](CO)[C@@H](O)[C@H](O)[C@H]3O)c(O)c12.[Ca+2].[H-].[H-]. The fourth-order valence-electron chi connectivity index (χ4n) is 3.64. The van der Waals surface area contributed by atoms with Gasteiger partial charge >= 0.3 is 37.7 Å². The van der Waals surface area contributed by atoms with Gasteiger partial charge in [-0.15, -0.1) is 0 Å². The van der Waals surface area contributed by atoms with Crippen LogP contribution in [-0.4, -0.2) is 110 Å². The predicted octanol–water partition coefficient (Wildman–Crippen LogP) is -0.872. The van der Waals surface area contributed by atoms with Crippen molar-refractivity contribution in [1.29, 1.82) is 0 Å². The number of hydrogen-bond donors (Lipinski definition) is 8. The Morgan fingerprint density at radius 1 is 0.871 bits per heavy atom. The minimum atomic E-state index is -1.81. The minimum absolute atomic E-state index is 0. The fourth-order valence-corrected chi connectivity index (χ4v) is 3.64. The van der Waals surface area contributed by atoms with Crippen molar-refractivity contribution in [2.75, 3.05) is 6.61 Å². The fraction of sp³-hybridized carbons (Fsp3) is 0.316. The van der Waals surface area contributed by atoms with E-state index in [1.165, 1.54) is 0 Å². The molecule has 164 valence electrons. The number of rotatable bonds is 2. The van der Waals surface area contributed by atoms with Gasteiger partial charge in [-0.25, -0.2) is 0 Å². The van der Waals surface area contributed by atoms with E-state index >= 15 is 0 Å². The van der Waals surface area contributed by atoms with Gasteiger partial charge in [0, 0.05) is 12.1 Å². The topological polar surface area (TPSA) is 201 Å². The summed E-state index contributed by atoms with van der Waals surface area (Å²) in [5, 5.41) is 79.4. The Kier molecular flexibility index (Phi) is 6.61. The monoisotopic (exact) mass is 464 g/mol. The van der Waals surface area contributed by atoms with Crippen molar-refractivity contribution in [1.82, 2.24) is 0 Å². The first-order valence-electron chi connectivity index (χ1n) is 8.83. The molecule has 3 aromatic rings. The van der Waals surface area contributed by atoms with Crippen molar-refractivity contribution in [2.24, 2.45) is 0 Å². The average molecular weight is 464 g/mol. The smallest absolute Gasteiger partial charge is 1.00 e. The van der Waals surface area contributed by atoms with Crippen LogP contribution in [0, 0.1) is 0 Å². The van der Waals surface area contributed by atoms with Crippen molar-refractivity contribution < 1.29 is 52.9 Å². The molecule has 1 aliphatic rings. The van der Waals surface area contributed by atoms with Crippen molar-refractivity contribution in [3.05, 3.63) is 34.0 Å². The zero-order valence-corrected chi connectivity index (χ0v) is 18.0. The van der Waals surface area contributed by atoms with Gasteiger partial charge in [0.15, 0.2) is 11.5 Å². The second kappa shape index (κ2) is 8.60. The molecule has 1 fully saturated rings. The van der Waals surface area contributed by atoms with E-state index in [1.807, 2.05) is 0 Å². The molecule has 0 saturated carbocycles. The third-order valence-corrected chi connectivity index (χ3v) is 5.23. The van der Waals surface area contributed by atoms with Crippen molar-refractivity contribution >= 4 is 59.7 Å². The molecule has 31 heavy (non-hydrogen) atoms. The van der Waals surface area contributed by atoms with Crippen molar-refractivity contribution in [2.45, 2.75) is 30.5 Å². The van der Waals surface area contributed by atoms with Gasteiger partial charge in [-0.3, -0.25) is 4.79 Å². The Morgan fingerprint density at radius 2 is 1.48 bits per heavy atom. The summed E-state index contributed by atoms with van der Waals surface area (Å²) in [5.74, 6) is -2.62. The summed E-state index contributed by atoms with van der Waals surface area (Å²) in [6.45, 7) is -0.730. The Balaban J connectivity index is 0.00000181. The molecule has 5 atom stereocenters. The standard InChI is InChI=1S/C19H18O11.Ca.2H/c20-4-11-15(25)17(27)18(28)19(30-11)12-8(23)3-10-13(16(12)26)14(24)5-1-6(21)7(22)2-9(5)29-10;;;/h1-3,11,15,17-23,25-28H,4H2;;;/q;+2;2*-1/t11-,15-,17+,18-,19+;;;/m1.../s1. The van der Waals surface area contributed by atoms with Crippen LogP contribution < -0.4 is 5.43 Å². The Bertz CT molecular complexity index is 1220. The van der Waals surface area contributed by atoms with Gasteiger partial charge in [0.1, 0.15) is 58.6 Å². The van der Waals surface area contributed by atoms with Gasteiger partial charge in [-0.2, -0.15) is 0 Å². The number of hydrogen-bond acceptors (Lipinski definition) is 11. The van der Waals surface area contributed by atoms with Crippen LogP contribution in [0.3, 0.4) is 0 Å². The number of phenols is 4. The van der Waals surface area contributed by atoms with Gasteiger partial charge in [-0.1, -0.05) is 0 Å². The normalized spacial score (nSPS) is 26.1. The number of aliphatic hydroxyl groups is 4. The van der Waals surface area contributed by atoms with Gasteiger partial charge in [0.2, 0.25) is 5.43 Å². The second-order valence-corrected chi connectivity index (χ2v) is 7.05. The molecule has 11 nitrogen and oxygen atoms in total. The molecule has 1 saturated heterocycles. The van der Waals surface area contributed by atoms with Crippen molar-refractivity contribution in [3.8, 4) is 23.0 Å². The van der Waals surface area contributed by atoms with Gasteiger partial charge in [0.25, 0.3) is 0 Å². The summed E-state index contributed by atoms with van der Waals surface area (Å²) >= 11 is 0. The molecule has 0 amide bonds. The molecule has 0 aliphatic carbocycles. The van der Waals surface area contributed by atoms with Crippen LogP contribution >= 0.6 is 0 Å². The Hall–Kier alpha value is -1.83. The number of ether oxygens (including phenoxy) is 1. The van der Waals surface area contributed by atoms with Crippen LogP contribution in [0.25, 0.3) is 21.9 Å². The summed E-state index contributed by atoms with van der Waals surface area (Å²) in [7, 11) is 0. The van der Waals surface area contributed by atoms with Crippen LogP contribution in [0.5, 0.6) is 23.0 Å². The summed E-state index contributed by atoms with van der Waals surface area (Å²) in [5.41, 5.74) is -1.66. The molecule has 8 N–H and O–H groups in total. The van der Waals surface area contributed by atoms with E-state index in [-0.39, 0.29) is 57.1 Å². The third kappa shape index (κ3) is 3.70. The molecular weight excluding hydrogens is 444 g/mol. The third-order valence-electron chi connectivity index (χ3n) is 5.23. The van der Waals surface area contributed by atoms with Gasteiger partial charge < -0.3 is 52.9 Å². The molecule has 0 spiro atoms. The second-order valence-electron chi connectivity index (χ2n) is 7.05. The zero-order valence-electron chi connectivity index (χ0n) is 17.8. The summed E-state index contributed by atoms with van der Waals surface area (Å²) in [4.78, 5) is 12.9. The zero-order chi connectivity index (χ0) is 21.9. The molecule has 0 radical (unpaired) electrons. The number of aliphatic hydroxyl groups excluding tert-OH is 4. The predicted molar refractivity (Wildman–Crippen MR) is 107 cm³/mol. The Morgan fingerprint density at radius 3 is 2.13 bits per heavy atom. The van der Waals surface area contributed by atoms with Crippen LogP contribution in [0.4, 0.5) is 0 Å². The molecule has 1 aromatic heterocycles. The number of aromatic hydroxyl groups is 4. The van der Waals surface area contributed by atoms with E-state index in [2.05, 4.69) is 0 Å². The quantitative estimate of drug-likeness (QED) is 0.133. The molecule has 0 bridgehead atoms. The van der Waals surface area contributed by atoms with Crippen molar-refractivity contribution in [3.63, 3.8) is 0 Å². The maximum atomic E-state index is 12.9. The first kappa shape index (κ1) is 23.8. The van der Waals surface area contributed by atoms with E-state index in [0.717, 1.165) is 18.2 Å². The largest absolute Gasteiger partial charge is 2.00 e. The van der Waals surface area contributed by atoms with Crippen LogP contribution in [0.1, 0.15) is 14.5 Å². The van der Waals surface area contributed by atoms with Crippen LogP contribution in [0.2, 0.25) is 0 Å².